The second kappa shape index (κ2) is 11.6. The number of likely N-dealkylation sites (tertiary alicyclic amines) is 1. The normalized spacial score (nSPS) is 24.4. The lowest BCUT2D eigenvalue weighted by molar-refractivity contribution is -0.136. The van der Waals surface area contributed by atoms with Crippen LogP contribution in [0.1, 0.15) is 52.0 Å². The summed E-state index contributed by atoms with van der Waals surface area (Å²) >= 11 is 0. The molecule has 6 amide bonds. The molecule has 0 spiro atoms. The first-order valence-electron chi connectivity index (χ1n) is 13.3. The van der Waals surface area contributed by atoms with Crippen LogP contribution in [0.2, 0.25) is 0 Å². The van der Waals surface area contributed by atoms with Crippen molar-refractivity contribution in [1.29, 1.82) is 0 Å². The number of nitrogens with zero attached hydrogens (tertiary/aromatic N) is 3. The van der Waals surface area contributed by atoms with Gasteiger partial charge in [-0.25, -0.2) is 4.79 Å². The Bertz CT molecular complexity index is 1270. The highest BCUT2D eigenvalue weighted by atomic mass is 16.6. The van der Waals surface area contributed by atoms with Crippen LogP contribution in [0, 0.1) is 0 Å². The molecule has 4 aliphatic heterocycles. The number of fused-ring (bicyclic) bond motifs is 1. The number of morpholine rings is 1. The molecule has 0 bridgehead atoms. The number of amides is 6. The van der Waals surface area contributed by atoms with Crippen molar-refractivity contribution in [2.45, 2.75) is 50.5 Å². The van der Waals surface area contributed by atoms with Gasteiger partial charge in [-0.05, 0) is 24.1 Å². The van der Waals surface area contributed by atoms with Gasteiger partial charge in [-0.3, -0.25) is 39.1 Å². The smallest absolute Gasteiger partial charge is 0.404 e. The molecule has 4 aliphatic rings. The molecule has 2 atom stereocenters. The number of carbonyl (C=O) groups excluding carboxylic acids is 6. The van der Waals surface area contributed by atoms with Gasteiger partial charge in [-0.2, -0.15) is 0 Å². The van der Waals surface area contributed by atoms with E-state index >= 15 is 0 Å². The number of piperidine rings is 2. The topological polar surface area (TPSA) is 169 Å². The standard InChI is InChI=1S/C27H31N5O8/c28-27(38)40-17-8-10-31(11-9-17)22(34)7-4-18-15-30(12-13-39-18)14-16-2-1-3-19-23(16)26(37)32(25(19)36)20-5-6-21(33)29-24(20)35/h1-4,7,17-18,20H,5-6,8-15H2,(H2,28,38)(H,29,33,35)/b7-4+/t18-,20?/m1/s1. The van der Waals surface area contributed by atoms with Crippen LogP contribution in [-0.2, 0) is 30.4 Å². The van der Waals surface area contributed by atoms with Gasteiger partial charge in [0.15, 0.2) is 0 Å². The van der Waals surface area contributed by atoms with Gasteiger partial charge < -0.3 is 20.1 Å². The van der Waals surface area contributed by atoms with Crippen LogP contribution in [0.15, 0.2) is 30.4 Å². The number of nitrogens with one attached hydrogen (secondary N) is 1. The summed E-state index contributed by atoms with van der Waals surface area (Å²) in [7, 11) is 0. The number of benzene rings is 1. The molecular weight excluding hydrogens is 522 g/mol. The Kier molecular flexibility index (Phi) is 7.94. The van der Waals surface area contributed by atoms with Crippen molar-refractivity contribution in [2.24, 2.45) is 5.73 Å². The van der Waals surface area contributed by atoms with Crippen LogP contribution in [0.5, 0.6) is 0 Å². The Labute approximate surface area is 230 Å². The molecule has 3 saturated heterocycles. The lowest BCUT2D eigenvalue weighted by Crippen LogP contribution is -2.54. The highest BCUT2D eigenvalue weighted by Gasteiger charge is 2.45. The molecule has 212 valence electrons. The Hall–Kier alpha value is -4.10. The Morgan fingerprint density at radius 2 is 1.85 bits per heavy atom. The van der Waals surface area contributed by atoms with E-state index in [1.807, 2.05) is 0 Å². The van der Waals surface area contributed by atoms with E-state index in [0.29, 0.717) is 57.7 Å². The molecule has 5 rings (SSSR count). The minimum Gasteiger partial charge on any atom is -0.446 e. The zero-order valence-corrected chi connectivity index (χ0v) is 21.9. The predicted octanol–water partition coefficient (Wildman–Crippen LogP) is -0.0689. The monoisotopic (exact) mass is 553 g/mol. The maximum Gasteiger partial charge on any atom is 0.404 e. The molecule has 0 aromatic heterocycles. The molecule has 40 heavy (non-hydrogen) atoms. The van der Waals surface area contributed by atoms with Crippen molar-refractivity contribution in [3.63, 3.8) is 0 Å². The molecule has 0 radical (unpaired) electrons. The number of nitrogens with two attached hydrogens (primary N) is 1. The first-order valence-corrected chi connectivity index (χ1v) is 13.3. The fraction of sp³-hybridized carbons (Fsp3) is 0.481. The van der Waals surface area contributed by atoms with Crippen LogP contribution in [0.25, 0.3) is 0 Å². The SMILES string of the molecule is NC(=O)OC1CCN(C(=O)/C=C/[C@@H]2CN(Cc3cccc4c3C(=O)N(C3CCC(=O)NC3=O)C4=O)CCO2)CC1. The first kappa shape index (κ1) is 27.5. The van der Waals surface area contributed by atoms with Crippen molar-refractivity contribution in [2.75, 3.05) is 32.8 Å². The number of hydrogen-bond acceptors (Lipinski definition) is 9. The number of ether oxygens (including phenoxy) is 2. The second-order valence-corrected chi connectivity index (χ2v) is 10.3. The zero-order chi connectivity index (χ0) is 28.4. The van der Waals surface area contributed by atoms with Gasteiger partial charge in [0.1, 0.15) is 12.1 Å². The third-order valence-electron chi connectivity index (χ3n) is 7.62. The van der Waals surface area contributed by atoms with Crippen LogP contribution < -0.4 is 11.1 Å². The molecule has 0 saturated carbocycles. The maximum absolute atomic E-state index is 13.4. The van der Waals surface area contributed by atoms with Gasteiger partial charge in [0, 0.05) is 58.1 Å². The Morgan fingerprint density at radius 1 is 1.07 bits per heavy atom. The molecule has 1 unspecified atom stereocenters. The minimum atomic E-state index is -1.02. The third-order valence-corrected chi connectivity index (χ3v) is 7.62. The van der Waals surface area contributed by atoms with E-state index < -0.39 is 35.8 Å². The van der Waals surface area contributed by atoms with E-state index in [0.717, 1.165) is 4.90 Å². The predicted molar refractivity (Wildman–Crippen MR) is 138 cm³/mol. The number of primary amides is 1. The van der Waals surface area contributed by atoms with E-state index in [1.54, 1.807) is 29.2 Å². The lowest BCUT2D eigenvalue weighted by atomic mass is 10.0. The average Bonchev–Trinajstić information content (AvgIpc) is 3.18. The van der Waals surface area contributed by atoms with Crippen LogP contribution in [0.4, 0.5) is 4.79 Å². The fourth-order valence-electron chi connectivity index (χ4n) is 5.60. The molecule has 13 nitrogen and oxygen atoms in total. The number of carbonyl (C=O) groups is 6. The van der Waals surface area contributed by atoms with E-state index in [4.69, 9.17) is 15.2 Å². The van der Waals surface area contributed by atoms with Crippen molar-refractivity contribution in [1.82, 2.24) is 20.0 Å². The van der Waals surface area contributed by atoms with Gasteiger partial charge in [-0.1, -0.05) is 12.1 Å². The summed E-state index contributed by atoms with van der Waals surface area (Å²) in [5.74, 6) is -2.30. The van der Waals surface area contributed by atoms with Crippen LogP contribution >= 0.6 is 0 Å². The van der Waals surface area contributed by atoms with Crippen molar-refractivity contribution in [3.05, 3.63) is 47.0 Å². The first-order chi connectivity index (χ1) is 19.2. The third kappa shape index (κ3) is 5.75. The van der Waals surface area contributed by atoms with Crippen molar-refractivity contribution in [3.8, 4) is 0 Å². The maximum atomic E-state index is 13.4. The summed E-state index contributed by atoms with van der Waals surface area (Å²) in [5, 5.41) is 2.21. The summed E-state index contributed by atoms with van der Waals surface area (Å²) in [4.78, 5) is 78.7. The van der Waals surface area contributed by atoms with E-state index in [9.17, 15) is 28.8 Å². The fourth-order valence-corrected chi connectivity index (χ4v) is 5.60. The van der Waals surface area contributed by atoms with Gasteiger partial charge in [0.25, 0.3) is 11.8 Å². The minimum absolute atomic E-state index is 0.0594. The van der Waals surface area contributed by atoms with Crippen LogP contribution in [-0.4, -0.2) is 101 Å². The van der Waals surface area contributed by atoms with Crippen LogP contribution in [0.3, 0.4) is 0 Å². The second-order valence-electron chi connectivity index (χ2n) is 10.3. The largest absolute Gasteiger partial charge is 0.446 e. The molecule has 1 aromatic rings. The van der Waals surface area contributed by atoms with Gasteiger partial charge in [0.05, 0.1) is 23.8 Å². The highest BCUT2D eigenvalue weighted by Crippen LogP contribution is 2.31. The lowest BCUT2D eigenvalue weighted by Gasteiger charge is -2.32. The summed E-state index contributed by atoms with van der Waals surface area (Å²) in [6.45, 7) is 2.78. The summed E-state index contributed by atoms with van der Waals surface area (Å²) in [6.07, 6.45) is 2.98. The number of rotatable bonds is 6. The number of hydrogen-bond donors (Lipinski definition) is 2. The Balaban J connectivity index is 1.20. The molecular formula is C27H31N5O8. The van der Waals surface area contributed by atoms with Gasteiger partial charge in [-0.15, -0.1) is 0 Å². The Morgan fingerprint density at radius 3 is 2.58 bits per heavy atom. The highest BCUT2D eigenvalue weighted by molar-refractivity contribution is 6.24. The average molecular weight is 554 g/mol. The summed E-state index contributed by atoms with van der Waals surface area (Å²) < 4.78 is 10.8. The zero-order valence-electron chi connectivity index (χ0n) is 21.9. The van der Waals surface area contributed by atoms with E-state index in [-0.39, 0.29) is 42.1 Å². The number of imide groups is 2. The summed E-state index contributed by atoms with van der Waals surface area (Å²) in [6, 6.07) is 4.05. The molecule has 0 aliphatic carbocycles. The molecule has 13 heteroatoms. The molecule has 4 heterocycles. The quantitative estimate of drug-likeness (QED) is 0.362. The molecule has 3 N–H and O–H groups in total. The molecule has 1 aromatic carbocycles. The van der Waals surface area contributed by atoms with Crippen molar-refractivity contribution < 1.29 is 38.2 Å². The molecule has 3 fully saturated rings. The van der Waals surface area contributed by atoms with E-state index in [1.165, 1.54) is 6.08 Å². The van der Waals surface area contributed by atoms with E-state index in [2.05, 4.69) is 10.2 Å². The summed E-state index contributed by atoms with van der Waals surface area (Å²) in [5.41, 5.74) is 6.24. The van der Waals surface area contributed by atoms with Gasteiger partial charge >= 0.3 is 6.09 Å². The van der Waals surface area contributed by atoms with Gasteiger partial charge in [0.2, 0.25) is 17.7 Å². The van der Waals surface area contributed by atoms with Crippen molar-refractivity contribution >= 4 is 35.6 Å².